The van der Waals surface area contributed by atoms with E-state index in [2.05, 4.69) is 39.4 Å². The second-order valence-electron chi connectivity index (χ2n) is 11.5. The summed E-state index contributed by atoms with van der Waals surface area (Å²) in [6, 6.07) is 8.10. The van der Waals surface area contributed by atoms with Crippen LogP contribution in [0.2, 0.25) is 0 Å². The SMILES string of the molecule is CC1(C(=O)N2CCC(CC3CC(c4cccc(Br)c4)=NO3)(C(=O)NCC3CCCCC3)CC2)CC1. The third-order valence-corrected chi connectivity index (χ3v) is 9.28. The highest BCUT2D eigenvalue weighted by molar-refractivity contribution is 9.10. The Kier molecular flexibility index (Phi) is 7.25. The van der Waals surface area contributed by atoms with Crippen LogP contribution in [0.5, 0.6) is 0 Å². The summed E-state index contributed by atoms with van der Waals surface area (Å²) in [5, 5.41) is 7.72. The Bertz CT molecular complexity index is 975. The lowest BCUT2D eigenvalue weighted by Gasteiger charge is -2.42. The summed E-state index contributed by atoms with van der Waals surface area (Å²) in [7, 11) is 0. The van der Waals surface area contributed by atoms with Gasteiger partial charge in [-0.25, -0.2) is 0 Å². The minimum atomic E-state index is -0.511. The van der Waals surface area contributed by atoms with Crippen LogP contribution in [0.15, 0.2) is 33.9 Å². The van der Waals surface area contributed by atoms with Crippen molar-refractivity contribution < 1.29 is 14.4 Å². The molecule has 35 heavy (non-hydrogen) atoms. The fourth-order valence-corrected chi connectivity index (χ4v) is 6.47. The lowest BCUT2D eigenvalue weighted by molar-refractivity contribution is -0.145. The number of nitrogens with one attached hydrogen (secondary N) is 1. The third-order valence-electron chi connectivity index (χ3n) is 8.79. The second kappa shape index (κ2) is 10.2. The molecule has 0 bridgehead atoms. The zero-order valence-electron chi connectivity index (χ0n) is 20.9. The molecule has 2 heterocycles. The van der Waals surface area contributed by atoms with Crippen LogP contribution in [-0.2, 0) is 14.4 Å². The van der Waals surface area contributed by atoms with Crippen molar-refractivity contribution in [3.63, 3.8) is 0 Å². The molecule has 1 aromatic rings. The van der Waals surface area contributed by atoms with Crippen molar-refractivity contribution in [3.05, 3.63) is 34.3 Å². The summed E-state index contributed by atoms with van der Waals surface area (Å²) < 4.78 is 1.01. The van der Waals surface area contributed by atoms with Gasteiger partial charge in [0.15, 0.2) is 0 Å². The van der Waals surface area contributed by atoms with E-state index >= 15 is 0 Å². The first-order valence-electron chi connectivity index (χ1n) is 13.4. The smallest absolute Gasteiger partial charge is 0.228 e. The summed E-state index contributed by atoms with van der Waals surface area (Å²) in [6.07, 6.45) is 10.9. The molecule has 5 rings (SSSR count). The van der Waals surface area contributed by atoms with Gasteiger partial charge in [0.1, 0.15) is 6.10 Å². The van der Waals surface area contributed by atoms with Crippen LogP contribution < -0.4 is 5.32 Å². The Balaban J connectivity index is 1.25. The van der Waals surface area contributed by atoms with Crippen LogP contribution in [0.3, 0.4) is 0 Å². The molecule has 2 saturated carbocycles. The molecule has 1 atom stereocenters. The fraction of sp³-hybridized carbons (Fsp3) is 0.679. The standard InChI is InChI=1S/C28H38BrN3O3/c1-27(10-11-27)26(34)32-14-12-28(13-15-32,25(33)30-19-20-6-3-2-4-7-20)18-23-17-24(31-35-23)21-8-5-9-22(29)16-21/h5,8-9,16,20,23H,2-4,6-7,10-15,17-19H2,1H3,(H,30,33). The van der Waals surface area contributed by atoms with E-state index in [-0.39, 0.29) is 23.3 Å². The summed E-state index contributed by atoms with van der Waals surface area (Å²) in [4.78, 5) is 34.5. The minimum Gasteiger partial charge on any atom is -0.392 e. The maximum Gasteiger partial charge on any atom is 0.228 e. The summed E-state index contributed by atoms with van der Waals surface area (Å²) in [6.45, 7) is 4.14. The van der Waals surface area contributed by atoms with Gasteiger partial charge in [-0.05, 0) is 56.6 Å². The number of hydrogen-bond acceptors (Lipinski definition) is 4. The van der Waals surface area contributed by atoms with E-state index in [1.54, 1.807) is 0 Å². The predicted molar refractivity (Wildman–Crippen MR) is 140 cm³/mol. The summed E-state index contributed by atoms with van der Waals surface area (Å²) in [5.41, 5.74) is 1.31. The number of likely N-dealkylation sites (tertiary alicyclic amines) is 1. The number of benzene rings is 1. The maximum atomic E-state index is 13.7. The van der Waals surface area contributed by atoms with Crippen molar-refractivity contribution in [2.75, 3.05) is 19.6 Å². The number of nitrogens with zero attached hydrogens (tertiary/aromatic N) is 2. The molecule has 1 saturated heterocycles. The number of piperidine rings is 1. The first-order chi connectivity index (χ1) is 16.9. The Morgan fingerprint density at radius 2 is 1.89 bits per heavy atom. The fourth-order valence-electron chi connectivity index (χ4n) is 6.07. The molecule has 0 aromatic heterocycles. The number of carbonyl (C=O) groups is 2. The van der Waals surface area contributed by atoms with Crippen molar-refractivity contribution in [1.82, 2.24) is 10.2 Å². The van der Waals surface area contributed by atoms with E-state index < -0.39 is 5.41 Å². The van der Waals surface area contributed by atoms with Gasteiger partial charge in [0.05, 0.1) is 11.1 Å². The molecule has 2 aliphatic carbocycles. The first kappa shape index (κ1) is 24.8. The van der Waals surface area contributed by atoms with Gasteiger partial charge < -0.3 is 15.1 Å². The number of halogens is 1. The largest absolute Gasteiger partial charge is 0.392 e. The predicted octanol–water partition coefficient (Wildman–Crippen LogP) is 5.44. The van der Waals surface area contributed by atoms with Crippen LogP contribution in [0.25, 0.3) is 0 Å². The van der Waals surface area contributed by atoms with E-state index in [9.17, 15) is 9.59 Å². The molecule has 190 valence electrons. The molecule has 1 unspecified atom stereocenters. The van der Waals surface area contributed by atoms with Crippen molar-refractivity contribution in [2.24, 2.45) is 21.9 Å². The molecular formula is C28H38BrN3O3. The van der Waals surface area contributed by atoms with Gasteiger partial charge >= 0.3 is 0 Å². The van der Waals surface area contributed by atoms with Gasteiger partial charge in [0.2, 0.25) is 11.8 Å². The third kappa shape index (κ3) is 5.60. The van der Waals surface area contributed by atoms with Crippen LogP contribution in [0.1, 0.15) is 83.1 Å². The highest BCUT2D eigenvalue weighted by Crippen LogP contribution is 2.48. The topological polar surface area (TPSA) is 71.0 Å². The van der Waals surface area contributed by atoms with Gasteiger partial charge in [-0.15, -0.1) is 0 Å². The molecule has 2 amide bonds. The van der Waals surface area contributed by atoms with Gasteiger partial charge in [-0.2, -0.15) is 0 Å². The van der Waals surface area contributed by atoms with Gasteiger partial charge in [0, 0.05) is 47.9 Å². The molecule has 2 aliphatic heterocycles. The number of oxime groups is 1. The van der Waals surface area contributed by atoms with Gasteiger partial charge in [0.25, 0.3) is 0 Å². The van der Waals surface area contributed by atoms with Crippen LogP contribution in [0, 0.1) is 16.7 Å². The normalized spacial score (nSPS) is 25.5. The Morgan fingerprint density at radius 3 is 2.57 bits per heavy atom. The summed E-state index contributed by atoms with van der Waals surface area (Å²) in [5.74, 6) is 1.01. The zero-order chi connectivity index (χ0) is 24.5. The van der Waals surface area contributed by atoms with E-state index in [4.69, 9.17) is 4.84 Å². The Hall–Kier alpha value is -1.89. The highest BCUT2D eigenvalue weighted by atomic mass is 79.9. The molecule has 4 aliphatic rings. The Labute approximate surface area is 217 Å². The Morgan fingerprint density at radius 1 is 1.14 bits per heavy atom. The number of rotatable bonds is 7. The first-order valence-corrected chi connectivity index (χ1v) is 14.2. The van der Waals surface area contributed by atoms with Crippen molar-refractivity contribution in [2.45, 2.75) is 83.7 Å². The molecule has 1 aromatic carbocycles. The number of carbonyl (C=O) groups excluding carboxylic acids is 2. The lowest BCUT2D eigenvalue weighted by Crippen LogP contribution is -2.53. The minimum absolute atomic E-state index is 0.118. The van der Waals surface area contributed by atoms with Crippen molar-refractivity contribution in [3.8, 4) is 0 Å². The average molecular weight is 545 g/mol. The van der Waals surface area contributed by atoms with E-state index in [0.29, 0.717) is 44.7 Å². The van der Waals surface area contributed by atoms with Crippen LogP contribution in [-0.4, -0.2) is 48.2 Å². The second-order valence-corrected chi connectivity index (χ2v) is 12.4. The van der Waals surface area contributed by atoms with Crippen molar-refractivity contribution >= 4 is 33.5 Å². The number of amides is 2. The molecule has 6 nitrogen and oxygen atoms in total. The molecule has 0 radical (unpaired) electrons. The average Bonchev–Trinajstić information content (AvgIpc) is 3.46. The monoisotopic (exact) mass is 543 g/mol. The lowest BCUT2D eigenvalue weighted by atomic mass is 9.72. The molecule has 0 spiro atoms. The number of hydrogen-bond donors (Lipinski definition) is 1. The summed E-state index contributed by atoms with van der Waals surface area (Å²) >= 11 is 3.54. The maximum absolute atomic E-state index is 13.7. The van der Waals surface area contributed by atoms with Crippen LogP contribution >= 0.6 is 15.9 Å². The van der Waals surface area contributed by atoms with Crippen LogP contribution in [0.4, 0.5) is 0 Å². The van der Waals surface area contributed by atoms with E-state index in [1.807, 2.05) is 23.1 Å². The zero-order valence-corrected chi connectivity index (χ0v) is 22.4. The molecule has 3 fully saturated rings. The highest BCUT2D eigenvalue weighted by Gasteiger charge is 2.50. The molecular weight excluding hydrogens is 506 g/mol. The van der Waals surface area contributed by atoms with Gasteiger partial charge in [-0.3, -0.25) is 9.59 Å². The van der Waals surface area contributed by atoms with Crippen molar-refractivity contribution in [1.29, 1.82) is 0 Å². The van der Waals surface area contributed by atoms with E-state index in [0.717, 1.165) is 35.1 Å². The quantitative estimate of drug-likeness (QED) is 0.497. The van der Waals surface area contributed by atoms with Gasteiger partial charge in [-0.1, -0.05) is 59.4 Å². The van der Waals surface area contributed by atoms with E-state index in [1.165, 1.54) is 32.1 Å². The molecule has 7 heteroatoms. The molecule has 1 N–H and O–H groups in total.